The Morgan fingerprint density at radius 3 is 2.29 bits per heavy atom. The first-order valence-electron chi connectivity index (χ1n) is 11.3. The number of nitrogens with zero attached hydrogens (tertiary/aromatic N) is 1. The quantitative estimate of drug-likeness (QED) is 0.573. The minimum absolute atomic E-state index is 0.0222. The van der Waals surface area contributed by atoms with Crippen molar-refractivity contribution in [2.75, 3.05) is 19.0 Å². The van der Waals surface area contributed by atoms with Crippen LogP contribution in [0.2, 0.25) is 0 Å². The summed E-state index contributed by atoms with van der Waals surface area (Å²) < 4.78 is 35.6. The average Bonchev–Trinajstić information content (AvgIpc) is 3.08. The van der Waals surface area contributed by atoms with Gasteiger partial charge in [0, 0.05) is 24.2 Å². The smallest absolute Gasteiger partial charge is 0.387 e. The summed E-state index contributed by atoms with van der Waals surface area (Å²) in [6.45, 7) is -2.98. The second-order valence-electron chi connectivity index (χ2n) is 8.44. The zero-order chi connectivity index (χ0) is 24.2. The lowest BCUT2D eigenvalue weighted by molar-refractivity contribution is -0.140. The minimum Gasteiger partial charge on any atom is -0.497 e. The van der Waals surface area contributed by atoms with E-state index in [1.807, 2.05) is 0 Å². The molecule has 4 rings (SSSR count). The first-order valence-corrected chi connectivity index (χ1v) is 11.3. The number of fused-ring (bicyclic) bond motifs is 1. The summed E-state index contributed by atoms with van der Waals surface area (Å²) in [5.74, 6) is -0.684. The molecule has 1 saturated carbocycles. The van der Waals surface area contributed by atoms with Gasteiger partial charge in [-0.3, -0.25) is 19.3 Å². The number of carbonyl (C=O) groups is 3. The third kappa shape index (κ3) is 5.03. The Bertz CT molecular complexity index is 1050. The van der Waals surface area contributed by atoms with Crippen LogP contribution in [0.4, 0.5) is 14.5 Å². The van der Waals surface area contributed by atoms with Crippen molar-refractivity contribution >= 4 is 23.4 Å². The molecule has 0 bridgehead atoms. The van der Waals surface area contributed by atoms with E-state index in [1.54, 1.807) is 24.3 Å². The lowest BCUT2D eigenvalue weighted by Crippen LogP contribution is -2.34. The number of anilines is 1. The number of carbonyl (C=O) groups excluding carboxylic acids is 3. The largest absolute Gasteiger partial charge is 0.497 e. The number of ether oxygens (including phenoxy) is 2. The molecule has 1 N–H and O–H groups in total. The average molecular weight is 472 g/mol. The molecule has 1 aliphatic carbocycles. The van der Waals surface area contributed by atoms with E-state index in [0.717, 1.165) is 25.7 Å². The van der Waals surface area contributed by atoms with Gasteiger partial charge in [-0.25, -0.2) is 0 Å². The highest BCUT2D eigenvalue weighted by atomic mass is 19.3. The fourth-order valence-corrected chi connectivity index (χ4v) is 4.69. The number of imide groups is 1. The van der Waals surface area contributed by atoms with Crippen LogP contribution < -0.4 is 14.8 Å². The van der Waals surface area contributed by atoms with Gasteiger partial charge in [-0.2, -0.15) is 8.78 Å². The lowest BCUT2D eigenvalue weighted by Gasteiger charge is -2.19. The van der Waals surface area contributed by atoms with Gasteiger partial charge in [-0.15, -0.1) is 0 Å². The Morgan fingerprint density at radius 1 is 1.06 bits per heavy atom. The van der Waals surface area contributed by atoms with Crippen molar-refractivity contribution < 1.29 is 32.6 Å². The number of amides is 3. The third-order valence-electron chi connectivity index (χ3n) is 6.38. The van der Waals surface area contributed by atoms with Crippen molar-refractivity contribution in [3.8, 4) is 22.6 Å². The number of methoxy groups -OCH3 is 1. The molecular formula is C25H26F2N2O5. The van der Waals surface area contributed by atoms with Gasteiger partial charge in [-0.05, 0) is 48.7 Å². The first kappa shape index (κ1) is 23.7. The number of hydrogen-bond donors (Lipinski definition) is 1. The van der Waals surface area contributed by atoms with Crippen LogP contribution in [-0.4, -0.2) is 42.9 Å². The number of alkyl halides is 2. The molecule has 2 atom stereocenters. The number of rotatable bonds is 8. The van der Waals surface area contributed by atoms with Crippen LogP contribution in [0.3, 0.4) is 0 Å². The Kier molecular flexibility index (Phi) is 7.09. The second-order valence-corrected chi connectivity index (χ2v) is 8.44. The SMILES string of the molecule is COc1ccc(-c2cc(NC(=O)CCN3C(=O)C4CCCCC4C3=O)ccc2OC(F)F)cc1. The summed E-state index contributed by atoms with van der Waals surface area (Å²) >= 11 is 0. The second kappa shape index (κ2) is 10.2. The van der Waals surface area contributed by atoms with Gasteiger partial charge in [0.1, 0.15) is 11.5 Å². The molecule has 34 heavy (non-hydrogen) atoms. The molecule has 1 heterocycles. The van der Waals surface area contributed by atoms with Crippen molar-refractivity contribution in [2.24, 2.45) is 11.8 Å². The van der Waals surface area contributed by atoms with E-state index < -0.39 is 12.5 Å². The van der Waals surface area contributed by atoms with Crippen LogP contribution in [-0.2, 0) is 14.4 Å². The molecule has 2 fully saturated rings. The molecule has 0 spiro atoms. The molecule has 2 aromatic carbocycles. The summed E-state index contributed by atoms with van der Waals surface area (Å²) in [5.41, 5.74) is 1.35. The molecule has 7 nitrogen and oxygen atoms in total. The molecule has 0 aromatic heterocycles. The maximum atomic E-state index is 12.9. The predicted molar refractivity (Wildman–Crippen MR) is 120 cm³/mol. The molecule has 180 valence electrons. The fourth-order valence-electron chi connectivity index (χ4n) is 4.69. The van der Waals surface area contributed by atoms with E-state index in [9.17, 15) is 23.2 Å². The normalized spacial score (nSPS) is 19.8. The van der Waals surface area contributed by atoms with Gasteiger partial charge in [0.25, 0.3) is 0 Å². The van der Waals surface area contributed by atoms with Gasteiger partial charge in [0.2, 0.25) is 17.7 Å². The standard InChI is InChI=1S/C25H26F2N2O5/c1-33-17-9-6-15(7-10-17)20-14-16(8-11-21(20)34-25(26)27)28-22(30)12-13-29-23(31)18-4-2-3-5-19(18)24(29)32/h6-11,14,18-19,25H,2-5,12-13H2,1H3,(H,28,30). The van der Waals surface area contributed by atoms with Gasteiger partial charge >= 0.3 is 6.61 Å². The minimum atomic E-state index is -3.00. The van der Waals surface area contributed by atoms with Crippen LogP contribution in [0, 0.1) is 11.8 Å². The molecule has 1 saturated heterocycles. The van der Waals surface area contributed by atoms with E-state index >= 15 is 0 Å². The molecule has 2 unspecified atom stereocenters. The topological polar surface area (TPSA) is 84.9 Å². The van der Waals surface area contributed by atoms with E-state index in [1.165, 1.54) is 30.2 Å². The maximum Gasteiger partial charge on any atom is 0.387 e. The van der Waals surface area contributed by atoms with Gasteiger partial charge in [-0.1, -0.05) is 25.0 Å². The monoisotopic (exact) mass is 472 g/mol. The van der Waals surface area contributed by atoms with Crippen molar-refractivity contribution in [1.29, 1.82) is 0 Å². The summed E-state index contributed by atoms with van der Waals surface area (Å²) in [6, 6.07) is 11.1. The molecule has 2 aliphatic rings. The number of halogens is 2. The fraction of sp³-hybridized carbons (Fsp3) is 0.400. The van der Waals surface area contributed by atoms with Crippen molar-refractivity contribution in [3.63, 3.8) is 0 Å². The van der Waals surface area contributed by atoms with Crippen LogP contribution >= 0.6 is 0 Å². The number of benzene rings is 2. The van der Waals surface area contributed by atoms with Crippen LogP contribution in [0.5, 0.6) is 11.5 Å². The number of nitrogens with one attached hydrogen (secondary N) is 1. The summed E-state index contributed by atoms with van der Waals surface area (Å²) in [6.07, 6.45) is 3.27. The first-order chi connectivity index (χ1) is 16.4. The highest BCUT2D eigenvalue weighted by molar-refractivity contribution is 6.05. The molecule has 3 amide bonds. The Morgan fingerprint density at radius 2 is 1.71 bits per heavy atom. The van der Waals surface area contributed by atoms with Gasteiger partial charge in [0.05, 0.1) is 18.9 Å². The number of hydrogen-bond acceptors (Lipinski definition) is 5. The van der Waals surface area contributed by atoms with Crippen molar-refractivity contribution in [1.82, 2.24) is 4.90 Å². The Labute approximate surface area is 196 Å². The van der Waals surface area contributed by atoms with Crippen molar-refractivity contribution in [3.05, 3.63) is 42.5 Å². The maximum absolute atomic E-state index is 12.9. The predicted octanol–water partition coefficient (Wildman–Crippen LogP) is 4.47. The third-order valence-corrected chi connectivity index (χ3v) is 6.38. The molecular weight excluding hydrogens is 446 g/mol. The molecule has 2 aromatic rings. The zero-order valence-corrected chi connectivity index (χ0v) is 18.8. The van der Waals surface area contributed by atoms with E-state index in [-0.39, 0.29) is 42.4 Å². The van der Waals surface area contributed by atoms with Crippen LogP contribution in [0.15, 0.2) is 42.5 Å². The molecule has 1 aliphatic heterocycles. The van der Waals surface area contributed by atoms with E-state index in [0.29, 0.717) is 22.6 Å². The van der Waals surface area contributed by atoms with Gasteiger partial charge < -0.3 is 14.8 Å². The lowest BCUT2D eigenvalue weighted by atomic mass is 9.81. The van der Waals surface area contributed by atoms with E-state index in [2.05, 4.69) is 10.1 Å². The van der Waals surface area contributed by atoms with Crippen LogP contribution in [0.1, 0.15) is 32.1 Å². The summed E-state index contributed by atoms with van der Waals surface area (Å²) in [7, 11) is 1.52. The number of likely N-dealkylation sites (tertiary alicyclic amines) is 1. The summed E-state index contributed by atoms with van der Waals surface area (Å²) in [5, 5.41) is 2.72. The molecule has 9 heteroatoms. The van der Waals surface area contributed by atoms with Crippen LogP contribution in [0.25, 0.3) is 11.1 Å². The zero-order valence-electron chi connectivity index (χ0n) is 18.8. The summed E-state index contributed by atoms with van der Waals surface area (Å²) in [4.78, 5) is 38.9. The Balaban J connectivity index is 1.45. The molecule has 0 radical (unpaired) electrons. The van der Waals surface area contributed by atoms with E-state index in [4.69, 9.17) is 4.74 Å². The highest BCUT2D eigenvalue weighted by Gasteiger charge is 2.47. The van der Waals surface area contributed by atoms with Gasteiger partial charge in [0.15, 0.2) is 0 Å². The van der Waals surface area contributed by atoms with Crippen molar-refractivity contribution in [2.45, 2.75) is 38.7 Å². The Hall–Kier alpha value is -3.49. The highest BCUT2D eigenvalue weighted by Crippen LogP contribution is 2.38.